The van der Waals surface area contributed by atoms with Gasteiger partial charge in [0.15, 0.2) is 5.78 Å². The molecule has 0 bridgehead atoms. The first kappa shape index (κ1) is 14.6. The number of hydrogen-bond acceptors (Lipinski definition) is 3. The third kappa shape index (κ3) is 1.73. The smallest absolute Gasteiger partial charge is 0.159 e. The molecule has 4 aliphatic rings. The largest absolute Gasteiger partial charge is 0.389 e. The highest BCUT2D eigenvalue weighted by Crippen LogP contribution is 2.63. The molecule has 0 aromatic rings. The molecule has 4 aliphatic carbocycles. The Morgan fingerprint density at radius 3 is 2.77 bits per heavy atom. The van der Waals surface area contributed by atoms with E-state index < -0.39 is 6.10 Å². The summed E-state index contributed by atoms with van der Waals surface area (Å²) in [6.07, 6.45) is 10.4. The van der Waals surface area contributed by atoms with Crippen molar-refractivity contribution >= 4 is 5.78 Å². The molecular formula is C19H27NO2. The van der Waals surface area contributed by atoms with Crippen LogP contribution in [0.1, 0.15) is 46.0 Å². The second kappa shape index (κ2) is 4.55. The standard InChI is InChI=1S/C19H27NO2/c1-18-7-5-12(21)9-11(18)10-15(22)17-13-3-4-16(20)19(13,2)8-6-14(17)18/h5,7,10,13-17,22H,3-4,6,8-9,20H2,1-2H3/t13-,14+,15?,16?,17-,18-,19-/m0/s1. The van der Waals surface area contributed by atoms with E-state index in [1.54, 1.807) is 6.08 Å². The molecule has 2 saturated carbocycles. The molecule has 3 heteroatoms. The van der Waals surface area contributed by atoms with Crippen LogP contribution in [0.15, 0.2) is 23.8 Å². The van der Waals surface area contributed by atoms with E-state index in [1.807, 2.05) is 6.08 Å². The third-order valence-corrected chi connectivity index (χ3v) is 7.61. The highest BCUT2D eigenvalue weighted by molar-refractivity contribution is 5.93. The lowest BCUT2D eigenvalue weighted by molar-refractivity contribution is -0.115. The predicted molar refractivity (Wildman–Crippen MR) is 86.0 cm³/mol. The van der Waals surface area contributed by atoms with Crippen LogP contribution in [0.4, 0.5) is 0 Å². The Kier molecular flexibility index (Phi) is 3.03. The molecule has 22 heavy (non-hydrogen) atoms. The van der Waals surface area contributed by atoms with Crippen LogP contribution in [0.2, 0.25) is 0 Å². The van der Waals surface area contributed by atoms with E-state index in [4.69, 9.17) is 5.73 Å². The van der Waals surface area contributed by atoms with Gasteiger partial charge in [0, 0.05) is 17.9 Å². The van der Waals surface area contributed by atoms with Crippen LogP contribution in [0.25, 0.3) is 0 Å². The van der Waals surface area contributed by atoms with Crippen LogP contribution >= 0.6 is 0 Å². The molecule has 0 aromatic heterocycles. The van der Waals surface area contributed by atoms with Crippen molar-refractivity contribution in [2.24, 2.45) is 34.3 Å². The maximum atomic E-state index is 11.8. The molecule has 7 atom stereocenters. The SMILES string of the molecule is C[C@]12C=CC(=O)CC1=CC(O)[C@@H]1[C@H]2CC[C@]2(C)C(N)CC[C@@H]12. The average Bonchev–Trinajstić information content (AvgIpc) is 2.77. The number of aliphatic hydroxyl groups is 1. The summed E-state index contributed by atoms with van der Waals surface area (Å²) in [4.78, 5) is 11.8. The van der Waals surface area contributed by atoms with Crippen LogP contribution in [-0.2, 0) is 4.79 Å². The maximum Gasteiger partial charge on any atom is 0.159 e. The summed E-state index contributed by atoms with van der Waals surface area (Å²) in [5, 5.41) is 10.8. The Balaban J connectivity index is 1.78. The summed E-state index contributed by atoms with van der Waals surface area (Å²) in [6, 6.07) is 0.271. The Bertz CT molecular complexity index is 580. The Morgan fingerprint density at radius 2 is 2.00 bits per heavy atom. The Labute approximate surface area is 132 Å². The van der Waals surface area contributed by atoms with Gasteiger partial charge in [-0.15, -0.1) is 0 Å². The highest BCUT2D eigenvalue weighted by Gasteiger charge is 2.59. The number of carbonyl (C=O) groups is 1. The molecule has 3 N–H and O–H groups in total. The van der Waals surface area contributed by atoms with Gasteiger partial charge in [-0.05, 0) is 54.9 Å². The Hall–Kier alpha value is -0.930. The summed E-state index contributed by atoms with van der Waals surface area (Å²) in [5.41, 5.74) is 7.69. The van der Waals surface area contributed by atoms with Crippen LogP contribution in [-0.4, -0.2) is 23.0 Å². The maximum absolute atomic E-state index is 11.8. The van der Waals surface area contributed by atoms with E-state index in [2.05, 4.69) is 19.9 Å². The lowest BCUT2D eigenvalue weighted by Crippen LogP contribution is -2.55. The lowest BCUT2D eigenvalue weighted by atomic mass is 9.48. The van der Waals surface area contributed by atoms with Gasteiger partial charge in [0.2, 0.25) is 0 Å². The molecule has 0 aliphatic heterocycles. The van der Waals surface area contributed by atoms with Crippen LogP contribution in [0, 0.1) is 28.6 Å². The number of fused-ring (bicyclic) bond motifs is 5. The zero-order chi connectivity index (χ0) is 15.7. The molecular weight excluding hydrogens is 274 g/mol. The van der Waals surface area contributed by atoms with Gasteiger partial charge < -0.3 is 10.8 Å². The molecule has 0 heterocycles. The molecule has 2 unspecified atom stereocenters. The van der Waals surface area contributed by atoms with Crippen LogP contribution in [0.5, 0.6) is 0 Å². The van der Waals surface area contributed by atoms with E-state index in [1.165, 1.54) is 0 Å². The van der Waals surface area contributed by atoms with Crippen molar-refractivity contribution in [3.05, 3.63) is 23.8 Å². The number of aliphatic hydroxyl groups excluding tert-OH is 1. The van der Waals surface area contributed by atoms with Crippen molar-refractivity contribution in [2.45, 2.75) is 58.1 Å². The zero-order valence-corrected chi connectivity index (χ0v) is 13.6. The van der Waals surface area contributed by atoms with Crippen LogP contribution < -0.4 is 5.73 Å². The van der Waals surface area contributed by atoms with Gasteiger partial charge in [0.05, 0.1) is 6.10 Å². The van der Waals surface area contributed by atoms with Crippen molar-refractivity contribution in [3.63, 3.8) is 0 Å². The van der Waals surface area contributed by atoms with Crippen molar-refractivity contribution in [1.82, 2.24) is 0 Å². The molecule has 3 nitrogen and oxygen atoms in total. The minimum absolute atomic E-state index is 0.0498. The van der Waals surface area contributed by atoms with Crippen molar-refractivity contribution in [3.8, 4) is 0 Å². The van der Waals surface area contributed by atoms with E-state index >= 15 is 0 Å². The highest BCUT2D eigenvalue weighted by atomic mass is 16.3. The zero-order valence-electron chi connectivity index (χ0n) is 13.6. The van der Waals surface area contributed by atoms with Gasteiger partial charge in [0.1, 0.15) is 0 Å². The minimum atomic E-state index is -0.415. The summed E-state index contributed by atoms with van der Waals surface area (Å²) in [6.45, 7) is 4.60. The number of allylic oxidation sites excluding steroid dienone is 3. The topological polar surface area (TPSA) is 63.3 Å². The predicted octanol–water partition coefficient (Wildman–Crippen LogP) is 2.59. The molecule has 120 valence electrons. The number of carbonyl (C=O) groups excluding carboxylic acids is 1. The van der Waals surface area contributed by atoms with E-state index in [0.717, 1.165) is 31.3 Å². The van der Waals surface area contributed by atoms with Gasteiger partial charge in [-0.3, -0.25) is 4.79 Å². The molecule has 0 radical (unpaired) electrons. The van der Waals surface area contributed by atoms with E-state index in [-0.39, 0.29) is 22.7 Å². The number of hydrogen-bond donors (Lipinski definition) is 2. The van der Waals surface area contributed by atoms with Gasteiger partial charge in [0.25, 0.3) is 0 Å². The number of rotatable bonds is 0. The molecule has 0 amide bonds. The lowest BCUT2D eigenvalue weighted by Gasteiger charge is -2.57. The second-order valence-electron chi connectivity index (χ2n) is 8.46. The van der Waals surface area contributed by atoms with Crippen molar-refractivity contribution in [1.29, 1.82) is 0 Å². The fourth-order valence-electron chi connectivity index (χ4n) is 6.14. The Morgan fingerprint density at radius 1 is 1.23 bits per heavy atom. The molecule has 2 fully saturated rings. The van der Waals surface area contributed by atoms with E-state index in [0.29, 0.717) is 24.2 Å². The fourth-order valence-corrected chi connectivity index (χ4v) is 6.14. The first-order chi connectivity index (χ1) is 10.4. The summed E-state index contributed by atoms with van der Waals surface area (Å²) in [5.74, 6) is 1.41. The number of ketones is 1. The quantitative estimate of drug-likeness (QED) is 0.676. The number of nitrogens with two attached hydrogens (primary N) is 1. The van der Waals surface area contributed by atoms with Crippen molar-refractivity contribution < 1.29 is 9.90 Å². The summed E-state index contributed by atoms with van der Waals surface area (Å²) >= 11 is 0. The van der Waals surface area contributed by atoms with Gasteiger partial charge in [-0.2, -0.15) is 0 Å². The molecule has 0 saturated heterocycles. The van der Waals surface area contributed by atoms with Crippen molar-refractivity contribution in [2.75, 3.05) is 0 Å². The molecule has 0 spiro atoms. The van der Waals surface area contributed by atoms with E-state index in [9.17, 15) is 9.90 Å². The average molecular weight is 301 g/mol. The fraction of sp³-hybridized carbons (Fsp3) is 0.737. The first-order valence-electron chi connectivity index (χ1n) is 8.73. The second-order valence-corrected chi connectivity index (χ2v) is 8.46. The van der Waals surface area contributed by atoms with Gasteiger partial charge >= 0.3 is 0 Å². The molecule has 0 aromatic carbocycles. The van der Waals surface area contributed by atoms with Crippen LogP contribution in [0.3, 0.4) is 0 Å². The normalized spacial score (nSPS) is 53.5. The van der Waals surface area contributed by atoms with Gasteiger partial charge in [-0.1, -0.05) is 31.6 Å². The minimum Gasteiger partial charge on any atom is -0.389 e. The monoisotopic (exact) mass is 301 g/mol. The summed E-state index contributed by atoms with van der Waals surface area (Å²) in [7, 11) is 0. The summed E-state index contributed by atoms with van der Waals surface area (Å²) < 4.78 is 0. The van der Waals surface area contributed by atoms with Gasteiger partial charge in [-0.25, -0.2) is 0 Å². The third-order valence-electron chi connectivity index (χ3n) is 7.61. The first-order valence-corrected chi connectivity index (χ1v) is 8.73. The molecule has 4 rings (SSSR count).